The number of nitrogens with zero attached hydrogens (tertiary/aromatic N) is 1. The van der Waals surface area contributed by atoms with Gasteiger partial charge in [0.05, 0.1) is 10.7 Å². The van der Waals surface area contributed by atoms with E-state index in [1.807, 2.05) is 18.2 Å². The van der Waals surface area contributed by atoms with Crippen molar-refractivity contribution in [1.82, 2.24) is 0 Å². The minimum absolute atomic E-state index is 0.614. The summed E-state index contributed by atoms with van der Waals surface area (Å²) in [5.41, 5.74) is 1.71. The lowest BCUT2D eigenvalue weighted by Crippen LogP contribution is -2.24. The molecule has 0 radical (unpaired) electrons. The van der Waals surface area contributed by atoms with Crippen LogP contribution in [0, 0.1) is 0 Å². The average molecular weight is 280 g/mol. The van der Waals surface area contributed by atoms with E-state index in [0.29, 0.717) is 5.02 Å². The summed E-state index contributed by atoms with van der Waals surface area (Å²) in [5.74, 6) is -0.973. The molecule has 1 rings (SSSR count). The van der Waals surface area contributed by atoms with Crippen molar-refractivity contribution in [3.05, 3.63) is 47.5 Å². The number of carboxylic acids is 1. The molecule has 0 amide bonds. The summed E-state index contributed by atoms with van der Waals surface area (Å²) in [5, 5.41) is 9.20. The van der Waals surface area contributed by atoms with Gasteiger partial charge < -0.3 is 10.0 Å². The molecule has 0 aromatic heterocycles. The van der Waals surface area contributed by atoms with E-state index in [2.05, 4.69) is 18.4 Å². The first-order chi connectivity index (χ1) is 9.08. The van der Waals surface area contributed by atoms with Gasteiger partial charge in [0.1, 0.15) is 0 Å². The molecule has 0 fully saturated rings. The number of halogens is 1. The van der Waals surface area contributed by atoms with Crippen LogP contribution < -0.4 is 4.90 Å². The third-order valence-electron chi connectivity index (χ3n) is 2.57. The maximum absolute atomic E-state index is 10.5. The number of benzene rings is 1. The van der Waals surface area contributed by atoms with Gasteiger partial charge in [-0.15, -0.1) is 6.58 Å². The van der Waals surface area contributed by atoms with Crippen molar-refractivity contribution in [3.63, 3.8) is 0 Å². The summed E-state index contributed by atoms with van der Waals surface area (Å²) in [6, 6.07) is 5.53. The maximum Gasteiger partial charge on any atom is 0.328 e. The van der Waals surface area contributed by atoms with Crippen LogP contribution in [0.4, 0.5) is 5.69 Å². The fourth-order valence-electron chi connectivity index (χ4n) is 1.79. The first-order valence-corrected chi connectivity index (χ1v) is 6.52. The van der Waals surface area contributed by atoms with Gasteiger partial charge in [0.2, 0.25) is 0 Å². The smallest absolute Gasteiger partial charge is 0.328 e. The minimum atomic E-state index is -0.973. The lowest BCUT2D eigenvalue weighted by atomic mass is 10.1. The molecule has 19 heavy (non-hydrogen) atoms. The Bertz CT molecular complexity index is 483. The van der Waals surface area contributed by atoms with Crippen molar-refractivity contribution < 1.29 is 9.90 Å². The number of hydrogen-bond acceptors (Lipinski definition) is 2. The van der Waals surface area contributed by atoms with Gasteiger partial charge in [0.25, 0.3) is 0 Å². The van der Waals surface area contributed by atoms with E-state index in [4.69, 9.17) is 16.7 Å². The second-order valence-corrected chi connectivity index (χ2v) is 4.52. The van der Waals surface area contributed by atoms with E-state index in [0.717, 1.165) is 36.8 Å². The topological polar surface area (TPSA) is 40.5 Å². The van der Waals surface area contributed by atoms with Gasteiger partial charge in [-0.25, -0.2) is 4.79 Å². The molecule has 0 saturated heterocycles. The monoisotopic (exact) mass is 279 g/mol. The van der Waals surface area contributed by atoms with E-state index in [1.54, 1.807) is 6.07 Å². The normalized spacial score (nSPS) is 10.6. The molecule has 0 bridgehead atoms. The lowest BCUT2D eigenvalue weighted by Gasteiger charge is -2.24. The number of rotatable bonds is 7. The Kier molecular flexibility index (Phi) is 6.16. The van der Waals surface area contributed by atoms with Crippen LogP contribution in [0.15, 0.2) is 36.9 Å². The lowest BCUT2D eigenvalue weighted by molar-refractivity contribution is -0.131. The molecule has 4 heteroatoms. The Morgan fingerprint density at radius 3 is 2.79 bits per heavy atom. The van der Waals surface area contributed by atoms with Crippen molar-refractivity contribution in [2.45, 2.75) is 13.3 Å². The zero-order valence-corrected chi connectivity index (χ0v) is 11.7. The number of carboxylic acid groups (broad SMARTS) is 1. The Morgan fingerprint density at radius 2 is 2.26 bits per heavy atom. The Hall–Kier alpha value is -1.74. The highest BCUT2D eigenvalue weighted by Crippen LogP contribution is 2.27. The van der Waals surface area contributed by atoms with Crippen LogP contribution in [0.3, 0.4) is 0 Å². The highest BCUT2D eigenvalue weighted by atomic mass is 35.5. The van der Waals surface area contributed by atoms with Crippen LogP contribution in [0.1, 0.15) is 18.9 Å². The van der Waals surface area contributed by atoms with E-state index in [1.165, 1.54) is 6.08 Å². The van der Waals surface area contributed by atoms with Crippen LogP contribution in [-0.4, -0.2) is 24.2 Å². The fourth-order valence-corrected chi connectivity index (χ4v) is 2.10. The van der Waals surface area contributed by atoms with Crippen molar-refractivity contribution in [2.24, 2.45) is 0 Å². The summed E-state index contributed by atoms with van der Waals surface area (Å²) in [6.07, 6.45) is 5.48. The molecule has 1 N–H and O–H groups in total. The van der Waals surface area contributed by atoms with E-state index >= 15 is 0 Å². The Balaban J connectivity index is 2.97. The molecular formula is C15H18ClNO2. The van der Waals surface area contributed by atoms with Crippen LogP contribution in [0.5, 0.6) is 0 Å². The van der Waals surface area contributed by atoms with Crippen LogP contribution in [0.25, 0.3) is 6.08 Å². The first-order valence-electron chi connectivity index (χ1n) is 6.15. The van der Waals surface area contributed by atoms with Gasteiger partial charge in [-0.1, -0.05) is 30.7 Å². The second kappa shape index (κ2) is 7.64. The molecule has 0 aliphatic carbocycles. The van der Waals surface area contributed by atoms with Gasteiger partial charge in [-0.3, -0.25) is 0 Å². The van der Waals surface area contributed by atoms with Crippen molar-refractivity contribution in [3.8, 4) is 0 Å². The fraction of sp³-hybridized carbons (Fsp3) is 0.267. The van der Waals surface area contributed by atoms with E-state index in [9.17, 15) is 4.79 Å². The number of hydrogen-bond donors (Lipinski definition) is 1. The SMILES string of the molecule is C=CCN(CCC)c1ccc(/C=C/C(=O)O)cc1Cl. The molecule has 0 atom stereocenters. The predicted octanol–water partition coefficient (Wildman–Crippen LogP) is 3.84. The molecule has 0 heterocycles. The third kappa shape index (κ3) is 4.79. The van der Waals surface area contributed by atoms with Crippen molar-refractivity contribution >= 4 is 29.3 Å². The third-order valence-corrected chi connectivity index (χ3v) is 2.88. The molecular weight excluding hydrogens is 262 g/mol. The zero-order valence-electron chi connectivity index (χ0n) is 11.0. The van der Waals surface area contributed by atoms with Crippen LogP contribution in [0.2, 0.25) is 5.02 Å². The Labute approximate surface area is 118 Å². The van der Waals surface area contributed by atoms with E-state index < -0.39 is 5.97 Å². The summed E-state index contributed by atoms with van der Waals surface area (Å²) in [6.45, 7) is 7.48. The van der Waals surface area contributed by atoms with Crippen LogP contribution >= 0.6 is 11.6 Å². The maximum atomic E-state index is 10.5. The standard InChI is InChI=1S/C15H18ClNO2/c1-3-9-17(10-4-2)14-7-5-12(11-13(14)16)6-8-15(18)19/h3,5-8,11H,1,4,9-10H2,2H3,(H,18,19)/b8-6+. The zero-order chi connectivity index (χ0) is 14.3. The van der Waals surface area contributed by atoms with Gasteiger partial charge in [-0.05, 0) is 30.2 Å². The molecule has 0 saturated carbocycles. The Morgan fingerprint density at radius 1 is 1.53 bits per heavy atom. The van der Waals surface area contributed by atoms with Gasteiger partial charge in [0.15, 0.2) is 0 Å². The molecule has 102 valence electrons. The molecule has 0 spiro atoms. The van der Waals surface area contributed by atoms with Crippen LogP contribution in [-0.2, 0) is 4.79 Å². The predicted molar refractivity (Wildman–Crippen MR) is 80.8 cm³/mol. The largest absolute Gasteiger partial charge is 0.478 e. The number of aliphatic carboxylic acids is 1. The molecule has 0 aliphatic heterocycles. The van der Waals surface area contributed by atoms with E-state index in [-0.39, 0.29) is 0 Å². The van der Waals surface area contributed by atoms with Crippen molar-refractivity contribution in [2.75, 3.05) is 18.0 Å². The van der Waals surface area contributed by atoms with Gasteiger partial charge >= 0.3 is 5.97 Å². The summed E-state index contributed by atoms with van der Waals surface area (Å²) in [7, 11) is 0. The number of anilines is 1. The van der Waals surface area contributed by atoms with Gasteiger partial charge in [-0.2, -0.15) is 0 Å². The first kappa shape index (κ1) is 15.3. The summed E-state index contributed by atoms with van der Waals surface area (Å²) >= 11 is 6.25. The highest BCUT2D eigenvalue weighted by molar-refractivity contribution is 6.33. The average Bonchev–Trinajstić information content (AvgIpc) is 2.36. The quantitative estimate of drug-likeness (QED) is 0.609. The molecule has 3 nitrogen and oxygen atoms in total. The highest BCUT2D eigenvalue weighted by Gasteiger charge is 2.08. The molecule has 0 unspecified atom stereocenters. The second-order valence-electron chi connectivity index (χ2n) is 4.12. The minimum Gasteiger partial charge on any atom is -0.478 e. The molecule has 1 aromatic carbocycles. The summed E-state index contributed by atoms with van der Waals surface area (Å²) < 4.78 is 0. The van der Waals surface area contributed by atoms with Gasteiger partial charge in [0, 0.05) is 19.2 Å². The molecule has 0 aliphatic rings. The van der Waals surface area contributed by atoms with Crippen molar-refractivity contribution in [1.29, 1.82) is 0 Å². The molecule has 1 aromatic rings. The summed E-state index contributed by atoms with van der Waals surface area (Å²) in [4.78, 5) is 12.6. The number of carbonyl (C=O) groups is 1.